The number of rotatable bonds is 6. The zero-order valence-electron chi connectivity index (χ0n) is 10.4. The first-order valence-corrected chi connectivity index (χ1v) is 6.52. The van der Waals surface area contributed by atoms with Gasteiger partial charge < -0.3 is 15.7 Å². The van der Waals surface area contributed by atoms with Crippen molar-refractivity contribution in [2.75, 3.05) is 0 Å². The number of carbonyl (C=O) groups excluding carboxylic acids is 1. The summed E-state index contributed by atoms with van der Waals surface area (Å²) in [7, 11) is 0. The van der Waals surface area contributed by atoms with E-state index in [9.17, 15) is 9.59 Å². The smallest absolute Gasteiger partial charge is 0.315 e. The molecule has 3 N–H and O–H groups in total. The third kappa shape index (κ3) is 5.62. The van der Waals surface area contributed by atoms with Gasteiger partial charge in [0.2, 0.25) is 0 Å². The van der Waals surface area contributed by atoms with Gasteiger partial charge >= 0.3 is 12.0 Å². The largest absolute Gasteiger partial charge is 0.481 e. The summed E-state index contributed by atoms with van der Waals surface area (Å²) in [6.07, 6.45) is 0.465. The van der Waals surface area contributed by atoms with Crippen LogP contribution in [-0.4, -0.2) is 28.1 Å². The fraction of sp³-hybridized carbons (Fsp3) is 0.545. The summed E-state index contributed by atoms with van der Waals surface area (Å²) in [4.78, 5) is 26.1. The van der Waals surface area contributed by atoms with Crippen LogP contribution in [0.2, 0.25) is 0 Å². The Morgan fingerprint density at radius 1 is 1.56 bits per heavy atom. The van der Waals surface area contributed by atoms with E-state index in [4.69, 9.17) is 5.11 Å². The fourth-order valence-corrected chi connectivity index (χ4v) is 2.04. The average Bonchev–Trinajstić information content (AvgIpc) is 2.70. The van der Waals surface area contributed by atoms with Crippen LogP contribution in [0.25, 0.3) is 0 Å². The Labute approximate surface area is 109 Å². The summed E-state index contributed by atoms with van der Waals surface area (Å²) in [5.74, 6) is -0.859. The lowest BCUT2D eigenvalue weighted by Crippen LogP contribution is -2.40. The number of carboxylic acid groups (broad SMARTS) is 1. The van der Waals surface area contributed by atoms with Gasteiger partial charge in [-0.2, -0.15) is 0 Å². The summed E-state index contributed by atoms with van der Waals surface area (Å²) in [5.41, 5.74) is 0.937. The maximum Gasteiger partial charge on any atom is 0.315 e. The van der Waals surface area contributed by atoms with E-state index in [-0.39, 0.29) is 18.5 Å². The minimum Gasteiger partial charge on any atom is -0.481 e. The topological polar surface area (TPSA) is 91.3 Å². The third-order valence-electron chi connectivity index (χ3n) is 2.24. The molecule has 0 aliphatic carbocycles. The second-order valence-corrected chi connectivity index (χ2v) is 4.99. The number of aromatic nitrogens is 1. The zero-order chi connectivity index (χ0) is 13.5. The van der Waals surface area contributed by atoms with E-state index in [0.717, 1.165) is 10.7 Å². The van der Waals surface area contributed by atoms with Crippen molar-refractivity contribution in [3.63, 3.8) is 0 Å². The van der Waals surface area contributed by atoms with Gasteiger partial charge in [-0.25, -0.2) is 9.78 Å². The Bertz CT molecular complexity index is 419. The van der Waals surface area contributed by atoms with Gasteiger partial charge in [-0.3, -0.25) is 4.79 Å². The van der Waals surface area contributed by atoms with Gasteiger partial charge in [0.15, 0.2) is 0 Å². The standard InChI is InChI=1S/C11H17N3O3S/c1-7(3-4-10(15)16)14-11(17)12-5-9-13-8(2)6-18-9/h6-7H,3-5H2,1-2H3,(H,15,16)(H2,12,14,17). The number of carboxylic acids is 1. The molecule has 0 aliphatic heterocycles. The molecule has 0 aromatic carbocycles. The second-order valence-electron chi connectivity index (χ2n) is 4.04. The third-order valence-corrected chi connectivity index (χ3v) is 3.20. The van der Waals surface area contributed by atoms with Gasteiger partial charge in [0.25, 0.3) is 0 Å². The quantitative estimate of drug-likeness (QED) is 0.731. The van der Waals surface area contributed by atoms with Crippen molar-refractivity contribution >= 4 is 23.3 Å². The van der Waals surface area contributed by atoms with Gasteiger partial charge in [-0.15, -0.1) is 11.3 Å². The van der Waals surface area contributed by atoms with Gasteiger partial charge in [0, 0.05) is 23.5 Å². The molecule has 100 valence electrons. The minimum atomic E-state index is -0.859. The van der Waals surface area contributed by atoms with Gasteiger partial charge in [-0.1, -0.05) is 0 Å². The van der Waals surface area contributed by atoms with Gasteiger partial charge in [0.1, 0.15) is 5.01 Å². The Balaban J connectivity index is 2.22. The highest BCUT2D eigenvalue weighted by molar-refractivity contribution is 7.09. The van der Waals surface area contributed by atoms with Crippen LogP contribution in [0.5, 0.6) is 0 Å². The molecule has 1 aromatic rings. The lowest BCUT2D eigenvalue weighted by molar-refractivity contribution is -0.137. The van der Waals surface area contributed by atoms with Crippen LogP contribution >= 0.6 is 11.3 Å². The molecule has 7 heteroatoms. The van der Waals surface area contributed by atoms with Crippen LogP contribution in [0, 0.1) is 6.92 Å². The molecular formula is C11H17N3O3S. The number of amides is 2. The van der Waals surface area contributed by atoms with Gasteiger partial charge in [-0.05, 0) is 20.3 Å². The molecule has 0 saturated carbocycles. The molecule has 6 nitrogen and oxygen atoms in total. The predicted molar refractivity (Wildman–Crippen MR) is 68.6 cm³/mol. The van der Waals surface area contributed by atoms with E-state index < -0.39 is 5.97 Å². The monoisotopic (exact) mass is 271 g/mol. The summed E-state index contributed by atoms with van der Waals surface area (Å²) >= 11 is 1.49. The molecule has 0 bridgehead atoms. The molecule has 18 heavy (non-hydrogen) atoms. The number of hydrogen-bond donors (Lipinski definition) is 3. The first-order chi connectivity index (χ1) is 8.47. The number of aryl methyl sites for hydroxylation is 1. The minimum absolute atomic E-state index is 0.0487. The van der Waals surface area contributed by atoms with Crippen molar-refractivity contribution in [2.45, 2.75) is 39.3 Å². The number of carbonyl (C=O) groups is 2. The number of nitrogens with zero attached hydrogens (tertiary/aromatic N) is 1. The Hall–Kier alpha value is -1.63. The van der Waals surface area contributed by atoms with Crippen LogP contribution in [0.4, 0.5) is 4.79 Å². The molecule has 0 spiro atoms. The fourth-order valence-electron chi connectivity index (χ4n) is 1.33. The molecule has 0 aliphatic rings. The van der Waals surface area contributed by atoms with E-state index in [0.29, 0.717) is 13.0 Å². The number of nitrogens with one attached hydrogen (secondary N) is 2. The second kappa shape index (κ2) is 6.95. The highest BCUT2D eigenvalue weighted by Gasteiger charge is 2.09. The highest BCUT2D eigenvalue weighted by Crippen LogP contribution is 2.07. The normalized spacial score (nSPS) is 11.9. The van der Waals surface area contributed by atoms with Crippen molar-refractivity contribution in [3.05, 3.63) is 16.1 Å². The number of aliphatic carboxylic acids is 1. The van der Waals surface area contributed by atoms with Gasteiger partial charge in [0.05, 0.1) is 6.54 Å². The summed E-state index contributed by atoms with van der Waals surface area (Å²) in [6, 6.07) is -0.472. The first kappa shape index (κ1) is 14.4. The number of urea groups is 1. The maximum atomic E-state index is 11.5. The molecule has 1 unspecified atom stereocenters. The highest BCUT2D eigenvalue weighted by atomic mass is 32.1. The summed E-state index contributed by atoms with van der Waals surface area (Å²) < 4.78 is 0. The zero-order valence-corrected chi connectivity index (χ0v) is 11.2. The molecular weight excluding hydrogens is 254 g/mol. The van der Waals surface area contributed by atoms with Crippen molar-refractivity contribution in [1.82, 2.24) is 15.6 Å². The van der Waals surface area contributed by atoms with Crippen LogP contribution in [0.3, 0.4) is 0 Å². The molecule has 1 rings (SSSR count). The number of hydrogen-bond acceptors (Lipinski definition) is 4. The van der Waals surface area contributed by atoms with Crippen LogP contribution < -0.4 is 10.6 Å². The number of thiazole rings is 1. The average molecular weight is 271 g/mol. The molecule has 1 aromatic heterocycles. The summed E-state index contributed by atoms with van der Waals surface area (Å²) in [5, 5.41) is 16.6. The van der Waals surface area contributed by atoms with Crippen LogP contribution in [-0.2, 0) is 11.3 Å². The van der Waals surface area contributed by atoms with E-state index in [1.807, 2.05) is 12.3 Å². The SMILES string of the molecule is Cc1csc(CNC(=O)NC(C)CCC(=O)O)n1. The molecule has 1 atom stereocenters. The summed E-state index contributed by atoms with van der Waals surface area (Å²) in [6.45, 7) is 4.06. The van der Waals surface area contributed by atoms with Crippen molar-refractivity contribution in [1.29, 1.82) is 0 Å². The Morgan fingerprint density at radius 2 is 2.28 bits per heavy atom. The molecule has 0 radical (unpaired) electrons. The first-order valence-electron chi connectivity index (χ1n) is 5.64. The van der Waals surface area contributed by atoms with Crippen molar-refractivity contribution in [3.8, 4) is 0 Å². The molecule has 1 heterocycles. The maximum absolute atomic E-state index is 11.5. The van der Waals surface area contributed by atoms with Crippen molar-refractivity contribution in [2.24, 2.45) is 0 Å². The molecule has 0 fully saturated rings. The van der Waals surface area contributed by atoms with Crippen LogP contribution in [0.1, 0.15) is 30.5 Å². The van der Waals surface area contributed by atoms with E-state index in [1.54, 1.807) is 6.92 Å². The van der Waals surface area contributed by atoms with E-state index >= 15 is 0 Å². The van der Waals surface area contributed by atoms with Crippen LogP contribution in [0.15, 0.2) is 5.38 Å². The van der Waals surface area contributed by atoms with Crippen molar-refractivity contribution < 1.29 is 14.7 Å². The van der Waals surface area contributed by atoms with E-state index in [1.165, 1.54) is 11.3 Å². The van der Waals surface area contributed by atoms with E-state index in [2.05, 4.69) is 15.6 Å². The molecule has 0 saturated heterocycles. The predicted octanol–water partition coefficient (Wildman–Crippen LogP) is 1.50. The lowest BCUT2D eigenvalue weighted by Gasteiger charge is -2.13. The Kier molecular flexibility index (Phi) is 5.57. The Morgan fingerprint density at radius 3 is 2.83 bits per heavy atom. The molecule has 2 amide bonds. The lowest BCUT2D eigenvalue weighted by atomic mass is 10.2.